The molecule has 1 aliphatic rings. The van der Waals surface area contributed by atoms with Crippen molar-refractivity contribution >= 4 is 22.7 Å². The fraction of sp³-hybridized carbons (Fsp3) is 0.375. The molecule has 0 radical (unpaired) electrons. The van der Waals surface area contributed by atoms with E-state index in [0.717, 1.165) is 54.0 Å². The molecular formula is C24H28N4O2. The van der Waals surface area contributed by atoms with Crippen LogP contribution in [-0.2, 0) is 4.79 Å². The Kier molecular flexibility index (Phi) is 5.43. The summed E-state index contributed by atoms with van der Waals surface area (Å²) >= 11 is 0. The van der Waals surface area contributed by atoms with Gasteiger partial charge in [0.05, 0.1) is 16.5 Å². The van der Waals surface area contributed by atoms with Crippen molar-refractivity contribution in [3.05, 3.63) is 48.0 Å². The van der Waals surface area contributed by atoms with Crippen molar-refractivity contribution in [2.45, 2.75) is 27.7 Å². The molecule has 30 heavy (non-hydrogen) atoms. The Balaban J connectivity index is 1.84. The van der Waals surface area contributed by atoms with Gasteiger partial charge in [-0.25, -0.2) is 9.97 Å². The number of hydrogen-bond donors (Lipinski definition) is 1. The third kappa shape index (κ3) is 4.14. The summed E-state index contributed by atoms with van der Waals surface area (Å²) in [5, 5.41) is 4.43. The minimum Gasteiger partial charge on any atom is -0.425 e. The molecule has 1 saturated heterocycles. The Morgan fingerprint density at radius 3 is 2.53 bits per heavy atom. The number of aryl methyl sites for hydroxylation is 1. The molecule has 4 rings (SSSR count). The van der Waals surface area contributed by atoms with Crippen LogP contribution < -0.4 is 15.0 Å². The number of para-hydroxylation sites is 1. The van der Waals surface area contributed by atoms with Crippen LogP contribution in [-0.4, -0.2) is 42.1 Å². The number of piperazine rings is 1. The second-order valence-electron chi connectivity index (χ2n) is 8.76. The van der Waals surface area contributed by atoms with Gasteiger partial charge in [0.1, 0.15) is 11.6 Å². The zero-order chi connectivity index (χ0) is 21.3. The average molecular weight is 405 g/mol. The van der Waals surface area contributed by atoms with E-state index in [1.54, 1.807) is 6.07 Å². The number of benzene rings is 2. The van der Waals surface area contributed by atoms with Crippen LogP contribution in [0, 0.1) is 12.3 Å². The normalized spacial score (nSPS) is 14.7. The van der Waals surface area contributed by atoms with Crippen molar-refractivity contribution in [3.8, 4) is 17.1 Å². The maximum atomic E-state index is 12.5. The highest BCUT2D eigenvalue weighted by Gasteiger charge is 2.25. The van der Waals surface area contributed by atoms with Crippen LogP contribution >= 0.6 is 0 Å². The molecule has 156 valence electrons. The smallest absolute Gasteiger partial charge is 0.316 e. The number of aromatic nitrogens is 2. The first-order chi connectivity index (χ1) is 14.3. The van der Waals surface area contributed by atoms with E-state index >= 15 is 0 Å². The summed E-state index contributed by atoms with van der Waals surface area (Å²) in [4.78, 5) is 24.6. The first-order valence-corrected chi connectivity index (χ1v) is 10.4. The zero-order valence-electron chi connectivity index (χ0n) is 18.0. The maximum absolute atomic E-state index is 12.5. The number of ether oxygens (including phenoxy) is 1. The SMILES string of the molecule is Cc1ccc2c(N3CCNCC3)nc(-c3ccccc3OC(=O)C(C)(C)C)nc2c1. The number of rotatable bonds is 3. The molecule has 2 aromatic carbocycles. The van der Waals surface area contributed by atoms with Gasteiger partial charge in [-0.1, -0.05) is 18.2 Å². The van der Waals surface area contributed by atoms with E-state index in [-0.39, 0.29) is 5.97 Å². The first-order valence-electron chi connectivity index (χ1n) is 10.4. The highest BCUT2D eigenvalue weighted by molar-refractivity contribution is 5.92. The van der Waals surface area contributed by atoms with Crippen molar-refractivity contribution < 1.29 is 9.53 Å². The molecule has 1 fully saturated rings. The summed E-state index contributed by atoms with van der Waals surface area (Å²) in [7, 11) is 0. The summed E-state index contributed by atoms with van der Waals surface area (Å²) in [5.74, 6) is 1.69. The summed E-state index contributed by atoms with van der Waals surface area (Å²) < 4.78 is 5.74. The number of fused-ring (bicyclic) bond motifs is 1. The molecule has 0 unspecified atom stereocenters. The lowest BCUT2D eigenvalue weighted by atomic mass is 9.97. The minimum atomic E-state index is -0.597. The first kappa shape index (κ1) is 20.3. The Labute approximate surface area is 177 Å². The molecule has 0 bridgehead atoms. The van der Waals surface area contributed by atoms with Crippen LogP contribution in [0.2, 0.25) is 0 Å². The average Bonchev–Trinajstić information content (AvgIpc) is 2.73. The van der Waals surface area contributed by atoms with Gasteiger partial charge in [0.2, 0.25) is 0 Å². The number of nitrogens with one attached hydrogen (secondary N) is 1. The number of hydrogen-bond acceptors (Lipinski definition) is 6. The highest BCUT2D eigenvalue weighted by atomic mass is 16.5. The van der Waals surface area contributed by atoms with Gasteiger partial charge in [0.25, 0.3) is 0 Å². The molecule has 6 heteroatoms. The van der Waals surface area contributed by atoms with E-state index in [1.807, 2.05) is 39.0 Å². The summed E-state index contributed by atoms with van der Waals surface area (Å²) in [6.07, 6.45) is 0. The molecule has 3 aromatic rings. The summed E-state index contributed by atoms with van der Waals surface area (Å²) in [5.41, 5.74) is 2.16. The fourth-order valence-electron chi connectivity index (χ4n) is 3.45. The monoisotopic (exact) mass is 404 g/mol. The van der Waals surface area contributed by atoms with Gasteiger partial charge in [-0.05, 0) is 57.5 Å². The van der Waals surface area contributed by atoms with Crippen LogP contribution in [0.1, 0.15) is 26.3 Å². The third-order valence-corrected chi connectivity index (χ3v) is 5.19. The van der Waals surface area contributed by atoms with Crippen molar-refractivity contribution in [1.29, 1.82) is 0 Å². The van der Waals surface area contributed by atoms with E-state index in [1.165, 1.54) is 0 Å². The van der Waals surface area contributed by atoms with E-state index in [9.17, 15) is 4.79 Å². The Hall–Kier alpha value is -2.99. The van der Waals surface area contributed by atoms with Gasteiger partial charge in [-0.3, -0.25) is 4.79 Å². The van der Waals surface area contributed by atoms with Crippen molar-refractivity contribution in [3.63, 3.8) is 0 Å². The standard InChI is InChI=1S/C24H28N4O2/c1-16-9-10-17-19(15-16)26-21(27-22(17)28-13-11-25-12-14-28)18-7-5-6-8-20(18)30-23(29)24(2,3)4/h5-10,15,25H,11-14H2,1-4H3. The number of carbonyl (C=O) groups excluding carboxylic acids is 1. The molecule has 0 saturated carbocycles. The van der Waals surface area contributed by atoms with Crippen LogP contribution in [0.4, 0.5) is 5.82 Å². The minimum absolute atomic E-state index is 0.283. The van der Waals surface area contributed by atoms with Crippen molar-refractivity contribution in [1.82, 2.24) is 15.3 Å². The van der Waals surface area contributed by atoms with Gasteiger partial charge in [0, 0.05) is 31.6 Å². The van der Waals surface area contributed by atoms with E-state index in [0.29, 0.717) is 11.6 Å². The van der Waals surface area contributed by atoms with Crippen LogP contribution in [0.5, 0.6) is 5.75 Å². The lowest BCUT2D eigenvalue weighted by molar-refractivity contribution is -0.142. The van der Waals surface area contributed by atoms with E-state index < -0.39 is 5.41 Å². The van der Waals surface area contributed by atoms with Crippen molar-refractivity contribution in [2.75, 3.05) is 31.1 Å². The predicted molar refractivity (Wildman–Crippen MR) is 120 cm³/mol. The molecule has 0 amide bonds. The molecule has 0 aliphatic carbocycles. The summed E-state index contributed by atoms with van der Waals surface area (Å²) in [6.45, 7) is 11.2. The number of nitrogens with zero attached hydrogens (tertiary/aromatic N) is 3. The lowest BCUT2D eigenvalue weighted by Gasteiger charge is -2.29. The van der Waals surface area contributed by atoms with Crippen molar-refractivity contribution in [2.24, 2.45) is 5.41 Å². The van der Waals surface area contributed by atoms with Gasteiger partial charge >= 0.3 is 5.97 Å². The van der Waals surface area contributed by atoms with Gasteiger partial charge in [-0.2, -0.15) is 0 Å². The Morgan fingerprint density at radius 1 is 1.07 bits per heavy atom. The third-order valence-electron chi connectivity index (χ3n) is 5.19. The molecule has 2 heterocycles. The lowest BCUT2D eigenvalue weighted by Crippen LogP contribution is -2.44. The molecule has 1 aliphatic heterocycles. The highest BCUT2D eigenvalue weighted by Crippen LogP contribution is 2.33. The Bertz CT molecular complexity index is 1080. The van der Waals surface area contributed by atoms with E-state index in [4.69, 9.17) is 14.7 Å². The predicted octanol–water partition coefficient (Wildman–Crippen LogP) is 3.97. The van der Waals surface area contributed by atoms with Crippen LogP contribution in [0.15, 0.2) is 42.5 Å². The van der Waals surface area contributed by atoms with E-state index in [2.05, 4.69) is 35.3 Å². The maximum Gasteiger partial charge on any atom is 0.316 e. The molecule has 1 aromatic heterocycles. The second kappa shape index (κ2) is 8.03. The second-order valence-corrected chi connectivity index (χ2v) is 8.76. The summed E-state index contributed by atoms with van der Waals surface area (Å²) in [6, 6.07) is 13.7. The van der Waals surface area contributed by atoms with Gasteiger partial charge in [0.15, 0.2) is 5.82 Å². The largest absolute Gasteiger partial charge is 0.425 e. The van der Waals surface area contributed by atoms with Crippen LogP contribution in [0.25, 0.3) is 22.3 Å². The van der Waals surface area contributed by atoms with Gasteiger partial charge in [-0.15, -0.1) is 0 Å². The number of esters is 1. The number of anilines is 1. The fourth-order valence-corrected chi connectivity index (χ4v) is 3.45. The molecule has 0 atom stereocenters. The topological polar surface area (TPSA) is 67.3 Å². The molecule has 6 nitrogen and oxygen atoms in total. The Morgan fingerprint density at radius 2 is 1.80 bits per heavy atom. The van der Waals surface area contributed by atoms with Gasteiger partial charge < -0.3 is 15.0 Å². The quantitative estimate of drug-likeness (QED) is 0.526. The zero-order valence-corrected chi connectivity index (χ0v) is 18.0. The van der Waals surface area contributed by atoms with Crippen LogP contribution in [0.3, 0.4) is 0 Å². The molecular weight excluding hydrogens is 376 g/mol. The molecule has 1 N–H and O–H groups in total. The number of carbonyl (C=O) groups is 1. The molecule has 0 spiro atoms.